The van der Waals surface area contributed by atoms with E-state index in [0.717, 1.165) is 28.0 Å². The summed E-state index contributed by atoms with van der Waals surface area (Å²) in [5.74, 6) is 0.971. The van der Waals surface area contributed by atoms with Crippen LogP contribution in [0.4, 0.5) is 0 Å². The van der Waals surface area contributed by atoms with Gasteiger partial charge < -0.3 is 14.2 Å². The molecule has 204 valence electrons. The molecule has 2 aliphatic rings. The van der Waals surface area contributed by atoms with Gasteiger partial charge in [0.15, 0.2) is 17.3 Å². The fourth-order valence-corrected chi connectivity index (χ4v) is 5.26. The summed E-state index contributed by atoms with van der Waals surface area (Å²) >= 11 is 7.81. The third-order valence-electron chi connectivity index (χ3n) is 6.25. The van der Waals surface area contributed by atoms with Crippen molar-refractivity contribution < 1.29 is 19.0 Å². The van der Waals surface area contributed by atoms with Crippen LogP contribution >= 0.6 is 23.4 Å². The molecule has 0 bridgehead atoms. The van der Waals surface area contributed by atoms with Gasteiger partial charge in [0.2, 0.25) is 5.17 Å². The molecule has 1 amide bonds. The number of nitrogens with zero attached hydrogens (tertiary/aromatic N) is 3. The molecule has 8 nitrogen and oxygen atoms in total. The molecule has 2 heterocycles. The minimum Gasteiger partial charge on any atom is -0.493 e. The Morgan fingerprint density at radius 1 is 0.975 bits per heavy atom. The first-order valence-corrected chi connectivity index (χ1v) is 13.7. The summed E-state index contributed by atoms with van der Waals surface area (Å²) in [7, 11) is 1.51. The second-order valence-corrected chi connectivity index (χ2v) is 10.7. The number of amidine groups is 2. The number of ether oxygens (including phenoxy) is 3. The normalized spacial score (nSPS) is 15.6. The summed E-state index contributed by atoms with van der Waals surface area (Å²) in [4.78, 5) is 17.1. The number of fused-ring (bicyclic) bond motifs is 1. The Hall–Kier alpha value is -4.08. The first-order chi connectivity index (χ1) is 19.2. The maximum absolute atomic E-state index is 12.9. The van der Waals surface area contributed by atoms with Gasteiger partial charge in [-0.25, -0.2) is 0 Å². The topological polar surface area (TPSA) is 96.6 Å². The Kier molecular flexibility index (Phi) is 7.95. The van der Waals surface area contributed by atoms with Gasteiger partial charge in [-0.05, 0) is 73.5 Å². The van der Waals surface area contributed by atoms with Crippen molar-refractivity contribution in [3.63, 3.8) is 0 Å². The lowest BCUT2D eigenvalue weighted by molar-refractivity contribution is -0.114. The van der Waals surface area contributed by atoms with Crippen molar-refractivity contribution in [1.29, 1.82) is 5.41 Å². The molecule has 0 atom stereocenters. The van der Waals surface area contributed by atoms with E-state index in [1.165, 1.54) is 23.9 Å². The number of carbonyl (C=O) groups excluding carboxylic acids is 1. The van der Waals surface area contributed by atoms with Crippen molar-refractivity contribution >= 4 is 51.4 Å². The Morgan fingerprint density at radius 3 is 2.45 bits per heavy atom. The van der Waals surface area contributed by atoms with Gasteiger partial charge >= 0.3 is 0 Å². The number of hydrogen-bond acceptors (Lipinski definition) is 7. The molecular weight excluding hydrogens is 548 g/mol. The number of thioether (sulfide) groups is 1. The molecule has 2 aliphatic heterocycles. The number of nitrogens with one attached hydrogen (secondary N) is 1. The van der Waals surface area contributed by atoms with Crippen LogP contribution in [0.2, 0.25) is 5.02 Å². The summed E-state index contributed by atoms with van der Waals surface area (Å²) in [6, 6.07) is 17.3. The molecule has 3 aromatic carbocycles. The maximum atomic E-state index is 12.9. The molecule has 40 heavy (non-hydrogen) atoms. The van der Waals surface area contributed by atoms with Crippen molar-refractivity contribution in [2.75, 3.05) is 20.3 Å². The van der Waals surface area contributed by atoms with Crippen molar-refractivity contribution in [3.8, 4) is 17.2 Å². The molecule has 0 saturated carbocycles. The summed E-state index contributed by atoms with van der Waals surface area (Å²) in [6.45, 7) is 6.58. The van der Waals surface area contributed by atoms with Crippen molar-refractivity contribution in [3.05, 3.63) is 93.0 Å². The number of aliphatic imine (C=N–C) groups is 1. The Morgan fingerprint density at radius 2 is 1.70 bits per heavy atom. The highest BCUT2D eigenvalue weighted by atomic mass is 35.5. The number of hydrogen-bond donors (Lipinski definition) is 1. The van der Waals surface area contributed by atoms with Gasteiger partial charge in [-0.15, -0.1) is 0 Å². The third-order valence-corrected chi connectivity index (χ3v) is 7.48. The zero-order chi connectivity index (χ0) is 28.4. The molecule has 0 saturated heterocycles. The highest BCUT2D eigenvalue weighted by molar-refractivity contribution is 8.27. The number of aryl methyl sites for hydroxylation is 3. The molecule has 5 rings (SSSR count). The van der Waals surface area contributed by atoms with E-state index in [9.17, 15) is 4.79 Å². The third kappa shape index (κ3) is 5.76. The fourth-order valence-electron chi connectivity index (χ4n) is 4.09. The highest BCUT2D eigenvalue weighted by Gasteiger charge is 2.36. The van der Waals surface area contributed by atoms with E-state index in [4.69, 9.17) is 31.2 Å². The first-order valence-electron chi connectivity index (χ1n) is 12.5. The number of benzene rings is 3. The minimum absolute atomic E-state index is 0.0661. The van der Waals surface area contributed by atoms with E-state index in [1.807, 2.05) is 63.2 Å². The highest BCUT2D eigenvalue weighted by Crippen LogP contribution is 2.38. The average molecular weight is 575 g/mol. The quantitative estimate of drug-likeness (QED) is 0.247. The number of hydrazone groups is 1. The number of amides is 1. The SMILES string of the molecule is COc1cc(/C=C2\C(=N)N3N=C(c4ccc(C)cc4)SC3=NC2=O)cc(Cl)c1OCCOc1cc(C)ccc1C. The van der Waals surface area contributed by atoms with E-state index in [1.54, 1.807) is 18.2 Å². The summed E-state index contributed by atoms with van der Waals surface area (Å²) in [5.41, 5.74) is 4.83. The van der Waals surface area contributed by atoms with Crippen LogP contribution < -0.4 is 14.2 Å². The number of methoxy groups -OCH3 is 1. The van der Waals surface area contributed by atoms with Gasteiger partial charge in [-0.3, -0.25) is 10.2 Å². The van der Waals surface area contributed by atoms with Crippen molar-refractivity contribution in [1.82, 2.24) is 5.01 Å². The standard InChI is InChI=1S/C30H27ClN4O4S/c1-17-6-9-21(10-7-17)29-34-35-27(32)22(28(36)33-30(35)40-29)14-20-15-23(31)26(25(16-20)37-4)39-12-11-38-24-13-18(2)5-8-19(24)3/h5-10,13-16,32H,11-12H2,1-4H3/b22-14+,32-27?. The van der Waals surface area contributed by atoms with Crippen LogP contribution in [0.25, 0.3) is 6.08 Å². The van der Waals surface area contributed by atoms with E-state index in [2.05, 4.69) is 10.1 Å². The Labute approximate surface area is 241 Å². The van der Waals surface area contributed by atoms with Crippen LogP contribution in [0.15, 0.2) is 70.3 Å². The lowest BCUT2D eigenvalue weighted by Crippen LogP contribution is -2.35. The minimum atomic E-state index is -0.525. The molecule has 10 heteroatoms. The summed E-state index contributed by atoms with van der Waals surface area (Å²) in [6.07, 6.45) is 1.55. The fraction of sp³-hybridized carbons (Fsp3) is 0.200. The molecule has 3 aromatic rings. The molecule has 0 spiro atoms. The van der Waals surface area contributed by atoms with Crippen LogP contribution in [0.3, 0.4) is 0 Å². The zero-order valence-electron chi connectivity index (χ0n) is 22.4. The van der Waals surface area contributed by atoms with Crippen LogP contribution in [-0.2, 0) is 4.79 Å². The largest absolute Gasteiger partial charge is 0.493 e. The van der Waals surface area contributed by atoms with E-state index in [-0.39, 0.29) is 18.0 Å². The van der Waals surface area contributed by atoms with Gasteiger partial charge in [0, 0.05) is 5.56 Å². The first kappa shape index (κ1) is 27.5. The Bertz CT molecular complexity index is 1600. The second-order valence-electron chi connectivity index (χ2n) is 9.29. The monoisotopic (exact) mass is 574 g/mol. The second kappa shape index (κ2) is 11.6. The number of carbonyl (C=O) groups is 1. The predicted molar refractivity (Wildman–Crippen MR) is 160 cm³/mol. The lowest BCUT2D eigenvalue weighted by Gasteiger charge is -2.20. The maximum Gasteiger partial charge on any atom is 0.283 e. The van der Waals surface area contributed by atoms with Crippen LogP contribution in [0.5, 0.6) is 17.2 Å². The van der Waals surface area contributed by atoms with E-state index in [0.29, 0.717) is 38.9 Å². The van der Waals surface area contributed by atoms with E-state index >= 15 is 0 Å². The predicted octanol–water partition coefficient (Wildman–Crippen LogP) is 6.40. The molecule has 0 aliphatic carbocycles. The molecule has 0 unspecified atom stereocenters. The number of rotatable bonds is 8. The van der Waals surface area contributed by atoms with Crippen LogP contribution in [0.1, 0.15) is 27.8 Å². The molecular formula is C30H27ClN4O4S. The van der Waals surface area contributed by atoms with Gasteiger partial charge in [0.05, 0.1) is 17.7 Å². The zero-order valence-corrected chi connectivity index (χ0v) is 24.0. The Balaban J connectivity index is 1.32. The number of halogens is 1. The molecule has 0 fully saturated rings. The van der Waals surface area contributed by atoms with Crippen molar-refractivity contribution in [2.24, 2.45) is 10.1 Å². The van der Waals surface area contributed by atoms with Gasteiger partial charge in [0.1, 0.15) is 24.0 Å². The van der Waals surface area contributed by atoms with Crippen LogP contribution in [-0.4, -0.2) is 47.3 Å². The summed E-state index contributed by atoms with van der Waals surface area (Å²) < 4.78 is 17.3. The smallest absolute Gasteiger partial charge is 0.283 e. The van der Waals surface area contributed by atoms with Crippen LogP contribution in [0, 0.1) is 26.2 Å². The average Bonchev–Trinajstić information content (AvgIpc) is 3.36. The van der Waals surface area contributed by atoms with E-state index < -0.39 is 5.91 Å². The lowest BCUT2D eigenvalue weighted by atomic mass is 10.1. The van der Waals surface area contributed by atoms with Gasteiger partial charge in [-0.2, -0.15) is 15.1 Å². The molecule has 0 radical (unpaired) electrons. The molecule has 1 N–H and O–H groups in total. The summed E-state index contributed by atoms with van der Waals surface area (Å²) in [5, 5.41) is 15.9. The van der Waals surface area contributed by atoms with Gasteiger partial charge in [-0.1, -0.05) is 53.6 Å². The van der Waals surface area contributed by atoms with Crippen molar-refractivity contribution in [2.45, 2.75) is 20.8 Å². The van der Waals surface area contributed by atoms with Gasteiger partial charge in [0.25, 0.3) is 5.91 Å². The molecule has 0 aromatic heterocycles.